The Morgan fingerprint density at radius 1 is 1.12 bits per heavy atom. The number of carbonyl (C=O) groups excluding carboxylic acids is 2. The van der Waals surface area contributed by atoms with Gasteiger partial charge in [0.2, 0.25) is 5.91 Å². The molecule has 2 N–H and O–H groups in total. The molecule has 0 spiro atoms. The second-order valence-electron chi connectivity index (χ2n) is 8.90. The van der Waals surface area contributed by atoms with Crippen molar-refractivity contribution in [1.82, 2.24) is 4.90 Å². The quantitative estimate of drug-likeness (QED) is 0.483. The molecular weight excluding hydrogens is 431 g/mol. The van der Waals surface area contributed by atoms with E-state index in [4.69, 9.17) is 10.5 Å². The number of nitrogens with two attached hydrogens (primary N) is 1. The fraction of sp³-hybridized carbons (Fsp3) is 0.571. The number of halogens is 1. The third-order valence-corrected chi connectivity index (χ3v) is 4.50. The minimum atomic E-state index is -0.367. The van der Waals surface area contributed by atoms with Gasteiger partial charge >= 0.3 is 0 Å². The molecule has 0 bridgehead atoms. The first kappa shape index (κ1) is 33.5. The van der Waals surface area contributed by atoms with Gasteiger partial charge in [-0.2, -0.15) is 0 Å². The monoisotopic (exact) mass is 478 g/mol. The Balaban J connectivity index is 0. The van der Waals surface area contributed by atoms with Crippen LogP contribution in [0.4, 0.5) is 4.39 Å². The van der Waals surface area contributed by atoms with Gasteiger partial charge in [-0.3, -0.25) is 4.79 Å². The Kier molecular flexibility index (Phi) is 18.5. The second kappa shape index (κ2) is 18.8. The average Bonchev–Trinajstić information content (AvgIpc) is 2.74. The Labute approximate surface area is 207 Å². The SMILES string of the molecule is CC(C)C.CCC(C)=O.CCCC1=C(F)CN(C)C(OCC)=C1.Cc1ccc(C(N)=O)cc1C. The number of likely N-dealkylation sites (N-methyl/N-ethyl adjacent to an activating group) is 1. The zero-order valence-corrected chi connectivity index (χ0v) is 23.0. The van der Waals surface area contributed by atoms with Gasteiger partial charge in [-0.05, 0) is 68.9 Å². The van der Waals surface area contributed by atoms with Crippen molar-refractivity contribution in [2.75, 3.05) is 20.2 Å². The van der Waals surface area contributed by atoms with Crippen LogP contribution in [0.2, 0.25) is 0 Å². The zero-order chi connectivity index (χ0) is 26.8. The first-order valence-electron chi connectivity index (χ1n) is 12.1. The summed E-state index contributed by atoms with van der Waals surface area (Å²) in [6, 6.07) is 5.44. The van der Waals surface area contributed by atoms with Crippen LogP contribution in [0.5, 0.6) is 0 Å². The smallest absolute Gasteiger partial charge is 0.248 e. The number of rotatable bonds is 6. The van der Waals surface area contributed by atoms with E-state index in [1.165, 1.54) is 5.56 Å². The summed E-state index contributed by atoms with van der Waals surface area (Å²) in [6.45, 7) is 18.8. The highest BCUT2D eigenvalue weighted by atomic mass is 19.1. The van der Waals surface area contributed by atoms with Crippen LogP contribution in [0.15, 0.2) is 41.6 Å². The van der Waals surface area contributed by atoms with Crippen LogP contribution in [0.25, 0.3) is 0 Å². The van der Waals surface area contributed by atoms with E-state index in [0.29, 0.717) is 25.1 Å². The Bertz CT molecular complexity index is 811. The normalized spacial score (nSPS) is 12.4. The van der Waals surface area contributed by atoms with Gasteiger partial charge < -0.3 is 20.2 Å². The molecule has 0 saturated heterocycles. The molecule has 0 fully saturated rings. The lowest BCUT2D eigenvalue weighted by atomic mass is 10.1. The van der Waals surface area contributed by atoms with Gasteiger partial charge in [0, 0.05) is 25.1 Å². The van der Waals surface area contributed by atoms with Crippen LogP contribution >= 0.6 is 0 Å². The second-order valence-corrected chi connectivity index (χ2v) is 8.90. The predicted octanol–water partition coefficient (Wildman–Crippen LogP) is 6.88. The molecule has 1 heterocycles. The number of ketones is 1. The van der Waals surface area contributed by atoms with Crippen molar-refractivity contribution < 1.29 is 18.7 Å². The van der Waals surface area contributed by atoms with Gasteiger partial charge in [-0.15, -0.1) is 0 Å². The van der Waals surface area contributed by atoms with Gasteiger partial charge in [0.1, 0.15) is 11.6 Å². The van der Waals surface area contributed by atoms with E-state index in [1.54, 1.807) is 24.0 Å². The van der Waals surface area contributed by atoms with Gasteiger partial charge in [0.15, 0.2) is 5.88 Å². The molecule has 1 aromatic rings. The van der Waals surface area contributed by atoms with E-state index in [2.05, 4.69) is 20.8 Å². The summed E-state index contributed by atoms with van der Waals surface area (Å²) >= 11 is 0. The standard InChI is InChI=1S/C11H18FNO.C9H11NO.C4H8O.C4H10/c1-4-6-9-7-11(14-5-2)13(3)8-10(9)12;1-6-3-4-8(9(10)11)5-7(6)2;1-3-4(2)5;1-4(2)3/h7H,4-6,8H2,1-3H3;3-5H,1-2H3,(H2,10,11);3H2,1-2H3;4H,1-3H3. The summed E-state index contributed by atoms with van der Waals surface area (Å²) in [5, 5.41) is 0. The van der Waals surface area contributed by atoms with E-state index >= 15 is 0 Å². The first-order chi connectivity index (χ1) is 15.8. The van der Waals surface area contributed by atoms with Crippen molar-refractivity contribution in [3.63, 3.8) is 0 Å². The van der Waals surface area contributed by atoms with Crippen molar-refractivity contribution in [3.05, 3.63) is 58.2 Å². The molecule has 1 aromatic carbocycles. The molecule has 1 aliphatic heterocycles. The summed E-state index contributed by atoms with van der Waals surface area (Å²) in [5.41, 5.74) is 8.73. The topological polar surface area (TPSA) is 72.6 Å². The zero-order valence-electron chi connectivity index (χ0n) is 23.0. The number of aryl methyl sites for hydroxylation is 2. The number of hydrogen-bond donors (Lipinski definition) is 1. The number of allylic oxidation sites excluding steroid dienone is 2. The lowest BCUT2D eigenvalue weighted by Crippen LogP contribution is -2.25. The number of nitrogens with zero attached hydrogens (tertiary/aromatic N) is 1. The number of benzene rings is 1. The first-order valence-corrected chi connectivity index (χ1v) is 12.1. The minimum absolute atomic E-state index is 0.0298. The van der Waals surface area contributed by atoms with Gasteiger partial charge in [-0.25, -0.2) is 4.39 Å². The highest BCUT2D eigenvalue weighted by Gasteiger charge is 2.17. The summed E-state index contributed by atoms with van der Waals surface area (Å²) in [4.78, 5) is 22.3. The molecule has 1 amide bonds. The number of ether oxygens (including phenoxy) is 1. The fourth-order valence-corrected chi connectivity index (χ4v) is 2.40. The maximum absolute atomic E-state index is 13.4. The molecule has 0 atom stereocenters. The summed E-state index contributed by atoms with van der Waals surface area (Å²) in [6.07, 6.45) is 4.23. The number of primary amides is 1. The summed E-state index contributed by atoms with van der Waals surface area (Å²) < 4.78 is 18.8. The molecular formula is C28H47FN2O3. The largest absolute Gasteiger partial charge is 0.479 e. The highest BCUT2D eigenvalue weighted by molar-refractivity contribution is 5.93. The summed E-state index contributed by atoms with van der Waals surface area (Å²) in [7, 11) is 1.84. The van der Waals surface area contributed by atoms with Crippen LogP contribution in [-0.4, -0.2) is 36.8 Å². The van der Waals surface area contributed by atoms with Crippen LogP contribution in [-0.2, 0) is 9.53 Å². The van der Waals surface area contributed by atoms with Crippen LogP contribution in [0.3, 0.4) is 0 Å². The lowest BCUT2D eigenvalue weighted by molar-refractivity contribution is -0.116. The van der Waals surface area contributed by atoms with Crippen molar-refractivity contribution in [2.24, 2.45) is 11.7 Å². The molecule has 0 saturated carbocycles. The maximum atomic E-state index is 13.4. The van der Waals surface area contributed by atoms with E-state index in [1.807, 2.05) is 53.8 Å². The fourth-order valence-electron chi connectivity index (χ4n) is 2.40. The maximum Gasteiger partial charge on any atom is 0.248 e. The predicted molar refractivity (Wildman–Crippen MR) is 141 cm³/mol. The van der Waals surface area contributed by atoms with E-state index in [0.717, 1.165) is 35.8 Å². The number of Topliss-reactive ketones (excluding diaryl/α,β-unsaturated/α-hetero) is 1. The molecule has 194 valence electrons. The molecule has 0 radical (unpaired) electrons. The third kappa shape index (κ3) is 16.1. The van der Waals surface area contributed by atoms with E-state index in [-0.39, 0.29) is 17.5 Å². The molecule has 2 rings (SSSR count). The van der Waals surface area contributed by atoms with Crippen molar-refractivity contribution in [1.29, 1.82) is 0 Å². The van der Waals surface area contributed by atoms with E-state index < -0.39 is 0 Å². The molecule has 0 unspecified atom stereocenters. The average molecular weight is 479 g/mol. The minimum Gasteiger partial charge on any atom is -0.479 e. The van der Waals surface area contributed by atoms with E-state index in [9.17, 15) is 14.0 Å². The number of carbonyl (C=O) groups is 2. The molecule has 0 aliphatic carbocycles. The molecule has 1 aliphatic rings. The molecule has 6 heteroatoms. The highest BCUT2D eigenvalue weighted by Crippen LogP contribution is 2.24. The van der Waals surface area contributed by atoms with Crippen molar-refractivity contribution in [2.45, 2.75) is 81.6 Å². The third-order valence-electron chi connectivity index (χ3n) is 4.50. The van der Waals surface area contributed by atoms with Crippen molar-refractivity contribution >= 4 is 11.7 Å². The van der Waals surface area contributed by atoms with Gasteiger partial charge in [-0.1, -0.05) is 47.1 Å². The van der Waals surface area contributed by atoms with Gasteiger partial charge in [0.25, 0.3) is 0 Å². The van der Waals surface area contributed by atoms with Crippen LogP contribution < -0.4 is 5.73 Å². The van der Waals surface area contributed by atoms with Gasteiger partial charge in [0.05, 0.1) is 13.2 Å². The lowest BCUT2D eigenvalue weighted by Gasteiger charge is -2.26. The Morgan fingerprint density at radius 3 is 2.03 bits per heavy atom. The Hall–Kier alpha value is -2.63. The van der Waals surface area contributed by atoms with Crippen LogP contribution in [0, 0.1) is 19.8 Å². The molecule has 34 heavy (non-hydrogen) atoms. The molecule has 5 nitrogen and oxygen atoms in total. The van der Waals surface area contributed by atoms with Crippen molar-refractivity contribution in [3.8, 4) is 0 Å². The van der Waals surface area contributed by atoms with Crippen LogP contribution in [0.1, 0.15) is 89.2 Å². The number of hydrogen-bond acceptors (Lipinski definition) is 4. The number of amides is 1. The Morgan fingerprint density at radius 2 is 1.65 bits per heavy atom. The summed E-state index contributed by atoms with van der Waals surface area (Å²) in [5.74, 6) is 1.47. The molecule has 0 aromatic heterocycles.